The van der Waals surface area contributed by atoms with Crippen molar-refractivity contribution < 1.29 is 9.72 Å². The molecule has 0 aliphatic rings. The van der Waals surface area contributed by atoms with Crippen LogP contribution in [0.3, 0.4) is 0 Å². The monoisotopic (exact) mass is 285 g/mol. The fraction of sp³-hybridized carbons (Fsp3) is 0.500. The lowest BCUT2D eigenvalue weighted by Crippen LogP contribution is -2.34. The summed E-state index contributed by atoms with van der Waals surface area (Å²) in [6.07, 6.45) is 1.29. The van der Waals surface area contributed by atoms with Crippen molar-refractivity contribution in [2.45, 2.75) is 20.8 Å². The third-order valence-corrected chi connectivity index (χ3v) is 2.63. The minimum atomic E-state index is -0.687. The van der Waals surface area contributed by atoms with Gasteiger partial charge in [-0.2, -0.15) is 0 Å². The molecule has 1 aromatic rings. The van der Waals surface area contributed by atoms with Gasteiger partial charge < -0.3 is 4.90 Å². The van der Waals surface area contributed by atoms with E-state index in [1.54, 1.807) is 7.05 Å². The fourth-order valence-corrected chi connectivity index (χ4v) is 1.99. The molecule has 1 amide bonds. The molecule has 0 aromatic carbocycles. The number of amides is 1. The topological polar surface area (TPSA) is 76.3 Å². The zero-order valence-corrected chi connectivity index (χ0v) is 12.1. The standard InChI is InChI=1S/C12H16ClN3O3/c1-12(2,3)7-15(4)11(17)8-5-6-14-10(13)9(8)16(18)19/h5-6H,7H2,1-4H3. The van der Waals surface area contributed by atoms with Crippen LogP contribution in [-0.4, -0.2) is 34.3 Å². The first kappa shape index (κ1) is 15.4. The summed E-state index contributed by atoms with van der Waals surface area (Å²) in [6, 6.07) is 1.31. The maximum Gasteiger partial charge on any atom is 0.319 e. The molecule has 0 radical (unpaired) electrons. The van der Waals surface area contributed by atoms with Crippen molar-refractivity contribution in [3.63, 3.8) is 0 Å². The predicted molar refractivity (Wildman–Crippen MR) is 72.3 cm³/mol. The van der Waals surface area contributed by atoms with Crippen molar-refractivity contribution in [1.29, 1.82) is 0 Å². The minimum Gasteiger partial charge on any atom is -0.341 e. The minimum absolute atomic E-state index is 0.0447. The quantitative estimate of drug-likeness (QED) is 0.486. The van der Waals surface area contributed by atoms with Crippen molar-refractivity contribution in [3.8, 4) is 0 Å². The van der Waals surface area contributed by atoms with Gasteiger partial charge in [0.05, 0.1) is 4.92 Å². The van der Waals surface area contributed by atoms with Crippen molar-refractivity contribution in [3.05, 3.63) is 33.1 Å². The van der Waals surface area contributed by atoms with Crippen LogP contribution in [0.25, 0.3) is 0 Å². The Balaban J connectivity index is 3.13. The molecular weight excluding hydrogens is 270 g/mol. The molecule has 0 N–H and O–H groups in total. The van der Waals surface area contributed by atoms with Gasteiger partial charge >= 0.3 is 5.69 Å². The number of aromatic nitrogens is 1. The maximum absolute atomic E-state index is 12.2. The average Bonchev–Trinajstić information content (AvgIpc) is 2.24. The third kappa shape index (κ3) is 3.89. The predicted octanol–water partition coefficient (Wildman–Crippen LogP) is 2.76. The highest BCUT2D eigenvalue weighted by Gasteiger charge is 2.28. The number of nitro groups is 1. The second kappa shape index (κ2) is 5.52. The van der Waals surface area contributed by atoms with E-state index in [-0.39, 0.29) is 16.1 Å². The van der Waals surface area contributed by atoms with Gasteiger partial charge in [-0.3, -0.25) is 14.9 Å². The summed E-state index contributed by atoms with van der Waals surface area (Å²) < 4.78 is 0. The fourth-order valence-electron chi connectivity index (χ4n) is 1.76. The molecule has 0 fully saturated rings. The van der Waals surface area contributed by atoms with E-state index in [9.17, 15) is 14.9 Å². The zero-order chi connectivity index (χ0) is 14.8. The molecule has 0 saturated carbocycles. The first-order valence-electron chi connectivity index (χ1n) is 5.68. The number of halogens is 1. The van der Waals surface area contributed by atoms with E-state index in [4.69, 9.17) is 11.6 Å². The lowest BCUT2D eigenvalue weighted by molar-refractivity contribution is -0.385. The lowest BCUT2D eigenvalue weighted by Gasteiger charge is -2.26. The molecule has 104 valence electrons. The van der Waals surface area contributed by atoms with Gasteiger partial charge in [0.25, 0.3) is 5.91 Å². The Morgan fingerprint density at radius 1 is 1.53 bits per heavy atom. The van der Waals surface area contributed by atoms with Crippen LogP contribution >= 0.6 is 11.6 Å². The van der Waals surface area contributed by atoms with Gasteiger partial charge in [0, 0.05) is 19.8 Å². The summed E-state index contributed by atoms with van der Waals surface area (Å²) in [5, 5.41) is 10.7. The van der Waals surface area contributed by atoms with Crippen LogP contribution in [0.4, 0.5) is 5.69 Å². The molecule has 0 aliphatic heterocycles. The number of carbonyl (C=O) groups excluding carboxylic acids is 1. The molecule has 0 aliphatic carbocycles. The molecule has 0 atom stereocenters. The Labute approximate surface area is 116 Å². The van der Waals surface area contributed by atoms with Crippen LogP contribution in [-0.2, 0) is 0 Å². The Morgan fingerprint density at radius 3 is 2.58 bits per heavy atom. The lowest BCUT2D eigenvalue weighted by atomic mass is 9.96. The summed E-state index contributed by atoms with van der Waals surface area (Å²) in [7, 11) is 1.60. The molecule has 1 rings (SSSR count). The first-order chi connectivity index (χ1) is 8.63. The normalized spacial score (nSPS) is 11.2. The number of hydrogen-bond acceptors (Lipinski definition) is 4. The Kier molecular flexibility index (Phi) is 4.47. The largest absolute Gasteiger partial charge is 0.341 e. The van der Waals surface area contributed by atoms with E-state index >= 15 is 0 Å². The van der Waals surface area contributed by atoms with Gasteiger partial charge in [-0.1, -0.05) is 32.4 Å². The van der Waals surface area contributed by atoms with E-state index in [1.807, 2.05) is 20.8 Å². The van der Waals surface area contributed by atoms with E-state index in [2.05, 4.69) is 4.98 Å². The van der Waals surface area contributed by atoms with Crippen LogP contribution in [0.5, 0.6) is 0 Å². The number of carbonyl (C=O) groups is 1. The summed E-state index contributed by atoms with van der Waals surface area (Å²) in [5.74, 6) is -0.439. The van der Waals surface area contributed by atoms with Gasteiger partial charge in [0.15, 0.2) is 0 Å². The molecule has 1 aromatic heterocycles. The van der Waals surface area contributed by atoms with Crippen LogP contribution in [0.15, 0.2) is 12.3 Å². The number of rotatable bonds is 3. The van der Waals surface area contributed by atoms with Crippen LogP contribution in [0.2, 0.25) is 5.15 Å². The molecule has 0 spiro atoms. The summed E-state index contributed by atoms with van der Waals surface area (Å²) >= 11 is 5.68. The molecular formula is C12H16ClN3O3. The molecule has 19 heavy (non-hydrogen) atoms. The molecule has 0 bridgehead atoms. The second-order valence-electron chi connectivity index (χ2n) is 5.48. The second-order valence-corrected chi connectivity index (χ2v) is 5.83. The van der Waals surface area contributed by atoms with Crippen molar-refractivity contribution in [2.75, 3.05) is 13.6 Å². The van der Waals surface area contributed by atoms with Crippen molar-refractivity contribution in [1.82, 2.24) is 9.88 Å². The maximum atomic E-state index is 12.2. The Bertz CT molecular complexity index is 511. The van der Waals surface area contributed by atoms with Gasteiger partial charge in [0.1, 0.15) is 5.56 Å². The van der Waals surface area contributed by atoms with E-state index in [1.165, 1.54) is 17.2 Å². The summed E-state index contributed by atoms with van der Waals surface area (Å²) in [6.45, 7) is 6.41. The number of hydrogen-bond donors (Lipinski definition) is 0. The third-order valence-electron chi connectivity index (χ3n) is 2.35. The van der Waals surface area contributed by atoms with E-state index < -0.39 is 16.5 Å². The summed E-state index contributed by atoms with van der Waals surface area (Å²) in [4.78, 5) is 27.6. The molecule has 0 unspecified atom stereocenters. The van der Waals surface area contributed by atoms with Crippen molar-refractivity contribution in [2.24, 2.45) is 5.41 Å². The Hall–Kier alpha value is -1.69. The van der Waals surface area contributed by atoms with Gasteiger partial charge in [0.2, 0.25) is 5.15 Å². The van der Waals surface area contributed by atoms with Crippen LogP contribution < -0.4 is 0 Å². The van der Waals surface area contributed by atoms with Gasteiger partial charge in [-0.15, -0.1) is 0 Å². The Morgan fingerprint density at radius 2 is 2.11 bits per heavy atom. The SMILES string of the molecule is CN(CC(C)(C)C)C(=O)c1ccnc(Cl)c1[N+](=O)[O-]. The molecule has 7 heteroatoms. The van der Waals surface area contributed by atoms with Gasteiger partial charge in [-0.25, -0.2) is 4.98 Å². The van der Waals surface area contributed by atoms with E-state index in [0.29, 0.717) is 6.54 Å². The molecule has 6 nitrogen and oxygen atoms in total. The smallest absolute Gasteiger partial charge is 0.319 e. The highest BCUT2D eigenvalue weighted by atomic mass is 35.5. The first-order valence-corrected chi connectivity index (χ1v) is 6.05. The molecule has 0 saturated heterocycles. The van der Waals surface area contributed by atoms with Crippen molar-refractivity contribution >= 4 is 23.2 Å². The average molecular weight is 286 g/mol. The van der Waals surface area contributed by atoms with Crippen LogP contribution in [0.1, 0.15) is 31.1 Å². The highest BCUT2D eigenvalue weighted by Crippen LogP contribution is 2.27. The highest BCUT2D eigenvalue weighted by molar-refractivity contribution is 6.32. The van der Waals surface area contributed by atoms with Gasteiger partial charge in [-0.05, 0) is 11.5 Å². The summed E-state index contributed by atoms with van der Waals surface area (Å²) in [5.41, 5.74) is -0.595. The number of pyridine rings is 1. The van der Waals surface area contributed by atoms with Crippen LogP contribution in [0, 0.1) is 15.5 Å². The zero-order valence-electron chi connectivity index (χ0n) is 11.3. The molecule has 1 heterocycles. The number of nitrogens with zero attached hydrogens (tertiary/aromatic N) is 3. The van der Waals surface area contributed by atoms with E-state index in [0.717, 1.165) is 0 Å².